The van der Waals surface area contributed by atoms with Gasteiger partial charge in [0.2, 0.25) is 0 Å². The summed E-state index contributed by atoms with van der Waals surface area (Å²) >= 11 is 0. The zero-order valence-corrected chi connectivity index (χ0v) is 10.6. The maximum Gasteiger partial charge on any atom is 0.0205 e. The van der Waals surface area contributed by atoms with E-state index in [1.807, 2.05) is 0 Å². The van der Waals surface area contributed by atoms with E-state index in [9.17, 15) is 0 Å². The van der Waals surface area contributed by atoms with E-state index >= 15 is 0 Å². The largest absolute Gasteiger partial charge is 0.313 e. The van der Waals surface area contributed by atoms with E-state index < -0.39 is 0 Å². The van der Waals surface area contributed by atoms with Gasteiger partial charge < -0.3 is 5.32 Å². The second kappa shape index (κ2) is 8.75. The van der Waals surface area contributed by atoms with Crippen LogP contribution in [0.5, 0.6) is 0 Å². The summed E-state index contributed by atoms with van der Waals surface area (Å²) in [6.07, 6.45) is 3.67. The Kier molecular flexibility index (Phi) is 8.44. The maximum atomic E-state index is 3.44. The number of benzene rings is 1. The Labute approximate surface area is 99.7 Å². The molecule has 0 aliphatic heterocycles. The average molecular weight is 228 g/mol. The Balaban J connectivity index is 0.00000196. The van der Waals surface area contributed by atoms with Crippen molar-refractivity contribution in [2.75, 3.05) is 6.54 Å². The van der Waals surface area contributed by atoms with Gasteiger partial charge in [0, 0.05) is 6.54 Å². The van der Waals surface area contributed by atoms with Gasteiger partial charge in [0.05, 0.1) is 0 Å². The van der Waals surface area contributed by atoms with Gasteiger partial charge in [-0.05, 0) is 30.5 Å². The van der Waals surface area contributed by atoms with Crippen molar-refractivity contribution in [2.24, 2.45) is 0 Å². The highest BCUT2D eigenvalue weighted by Gasteiger charge is 1.92. The predicted octanol–water partition coefficient (Wildman–Crippen LogP) is 3.56. The molecule has 0 saturated heterocycles. The van der Waals surface area contributed by atoms with Crippen molar-refractivity contribution in [1.82, 2.24) is 5.32 Å². The zero-order chi connectivity index (χ0) is 10.2. The van der Waals surface area contributed by atoms with E-state index in [2.05, 4.69) is 43.4 Å². The average Bonchev–Trinajstić information content (AvgIpc) is 2.25. The minimum atomic E-state index is 0. The van der Waals surface area contributed by atoms with Gasteiger partial charge in [0.1, 0.15) is 0 Å². The molecule has 15 heavy (non-hydrogen) atoms. The molecule has 0 fully saturated rings. The van der Waals surface area contributed by atoms with Crippen LogP contribution in [0, 0.1) is 0 Å². The summed E-state index contributed by atoms with van der Waals surface area (Å²) in [5, 5.41) is 3.44. The smallest absolute Gasteiger partial charge is 0.0205 e. The molecule has 1 aromatic rings. The Hall–Kier alpha value is -0.530. The summed E-state index contributed by atoms with van der Waals surface area (Å²) in [6.45, 7) is 6.54. The van der Waals surface area contributed by atoms with Crippen LogP contribution in [-0.2, 0) is 13.0 Å². The summed E-state index contributed by atoms with van der Waals surface area (Å²) in [5.41, 5.74) is 2.81. The van der Waals surface area contributed by atoms with E-state index in [1.165, 1.54) is 24.0 Å². The van der Waals surface area contributed by atoms with Crippen LogP contribution in [0.4, 0.5) is 0 Å². The molecule has 1 rings (SSSR count). The van der Waals surface area contributed by atoms with Gasteiger partial charge in [0.25, 0.3) is 0 Å². The molecule has 0 spiro atoms. The highest BCUT2D eigenvalue weighted by atomic mass is 35.5. The van der Waals surface area contributed by atoms with E-state index in [0.29, 0.717) is 0 Å². The van der Waals surface area contributed by atoms with E-state index in [1.54, 1.807) is 0 Å². The van der Waals surface area contributed by atoms with Gasteiger partial charge in [-0.25, -0.2) is 0 Å². The first kappa shape index (κ1) is 14.5. The molecule has 86 valence electrons. The molecule has 0 unspecified atom stereocenters. The van der Waals surface area contributed by atoms with Crippen molar-refractivity contribution in [3.8, 4) is 0 Å². The topological polar surface area (TPSA) is 12.0 Å². The molecule has 1 aromatic carbocycles. The fraction of sp³-hybridized carbons (Fsp3) is 0.538. The Morgan fingerprint density at radius 2 is 1.60 bits per heavy atom. The van der Waals surface area contributed by atoms with Crippen molar-refractivity contribution in [3.05, 3.63) is 35.4 Å². The monoisotopic (exact) mass is 227 g/mol. The molecule has 0 saturated carbocycles. The molecule has 0 aliphatic rings. The van der Waals surface area contributed by atoms with Crippen LogP contribution in [0.2, 0.25) is 0 Å². The van der Waals surface area contributed by atoms with Crippen molar-refractivity contribution in [2.45, 2.75) is 39.7 Å². The number of unbranched alkanes of at least 4 members (excludes halogenated alkanes) is 1. The van der Waals surface area contributed by atoms with E-state index in [0.717, 1.165) is 19.5 Å². The van der Waals surface area contributed by atoms with E-state index in [-0.39, 0.29) is 12.4 Å². The highest BCUT2D eigenvalue weighted by Crippen LogP contribution is 2.04. The highest BCUT2D eigenvalue weighted by molar-refractivity contribution is 5.85. The molecule has 0 bridgehead atoms. The third kappa shape index (κ3) is 5.81. The molecule has 2 heteroatoms. The normalized spacial score (nSPS) is 9.73. The van der Waals surface area contributed by atoms with Crippen LogP contribution in [0.25, 0.3) is 0 Å². The lowest BCUT2D eigenvalue weighted by atomic mass is 10.1. The molecule has 0 amide bonds. The number of halogens is 1. The molecule has 0 atom stereocenters. The summed E-state index contributed by atoms with van der Waals surface area (Å²) in [5.74, 6) is 0. The summed E-state index contributed by atoms with van der Waals surface area (Å²) in [4.78, 5) is 0. The number of hydrogen-bond donors (Lipinski definition) is 1. The molecule has 1 nitrogen and oxygen atoms in total. The fourth-order valence-electron chi connectivity index (χ4n) is 1.43. The van der Waals surface area contributed by atoms with Gasteiger partial charge in [-0.1, -0.05) is 44.5 Å². The summed E-state index contributed by atoms with van der Waals surface area (Å²) in [7, 11) is 0. The molecule has 0 radical (unpaired) electrons. The van der Waals surface area contributed by atoms with E-state index in [4.69, 9.17) is 0 Å². The van der Waals surface area contributed by atoms with Crippen LogP contribution in [-0.4, -0.2) is 6.54 Å². The first-order chi connectivity index (χ1) is 6.86. The van der Waals surface area contributed by atoms with Gasteiger partial charge in [0.15, 0.2) is 0 Å². The molecule has 0 aromatic heterocycles. The SMILES string of the molecule is CCCCNCc1ccc(CC)cc1.Cl. The standard InChI is InChI=1S/C13H21N.ClH/c1-3-5-10-14-11-13-8-6-12(4-2)7-9-13;/h6-9,14H,3-5,10-11H2,1-2H3;1H. The lowest BCUT2D eigenvalue weighted by Gasteiger charge is -2.04. The van der Waals surface area contributed by atoms with Gasteiger partial charge in [-0.15, -0.1) is 12.4 Å². The van der Waals surface area contributed by atoms with Gasteiger partial charge in [-0.3, -0.25) is 0 Å². The van der Waals surface area contributed by atoms with Gasteiger partial charge >= 0.3 is 0 Å². The maximum absolute atomic E-state index is 3.44. The Morgan fingerprint density at radius 1 is 1.00 bits per heavy atom. The predicted molar refractivity (Wildman–Crippen MR) is 69.7 cm³/mol. The van der Waals surface area contributed by atoms with Crippen LogP contribution in [0.15, 0.2) is 24.3 Å². The zero-order valence-electron chi connectivity index (χ0n) is 9.75. The summed E-state index contributed by atoms with van der Waals surface area (Å²) < 4.78 is 0. The minimum Gasteiger partial charge on any atom is -0.313 e. The molecular formula is C13H22ClN. The van der Waals surface area contributed by atoms with Crippen molar-refractivity contribution in [3.63, 3.8) is 0 Å². The minimum absolute atomic E-state index is 0. The molecule has 0 aliphatic carbocycles. The second-order valence-electron chi connectivity index (χ2n) is 3.70. The fourth-order valence-corrected chi connectivity index (χ4v) is 1.43. The first-order valence-electron chi connectivity index (χ1n) is 5.65. The number of nitrogens with one attached hydrogen (secondary N) is 1. The van der Waals surface area contributed by atoms with Crippen molar-refractivity contribution >= 4 is 12.4 Å². The van der Waals surface area contributed by atoms with Crippen LogP contribution >= 0.6 is 12.4 Å². The van der Waals surface area contributed by atoms with Crippen molar-refractivity contribution < 1.29 is 0 Å². The van der Waals surface area contributed by atoms with Gasteiger partial charge in [-0.2, -0.15) is 0 Å². The lowest BCUT2D eigenvalue weighted by Crippen LogP contribution is -2.14. The Bertz CT molecular complexity index is 243. The second-order valence-corrected chi connectivity index (χ2v) is 3.70. The molecule has 1 N–H and O–H groups in total. The summed E-state index contributed by atoms with van der Waals surface area (Å²) in [6, 6.07) is 8.88. The molecule has 0 heterocycles. The van der Waals surface area contributed by atoms with Crippen LogP contribution < -0.4 is 5.32 Å². The Morgan fingerprint density at radius 3 is 2.13 bits per heavy atom. The first-order valence-corrected chi connectivity index (χ1v) is 5.65. The third-order valence-electron chi connectivity index (χ3n) is 2.47. The van der Waals surface area contributed by atoms with Crippen LogP contribution in [0.3, 0.4) is 0 Å². The lowest BCUT2D eigenvalue weighted by molar-refractivity contribution is 0.641. The third-order valence-corrected chi connectivity index (χ3v) is 2.47. The number of aryl methyl sites for hydroxylation is 1. The number of rotatable bonds is 6. The van der Waals surface area contributed by atoms with Crippen LogP contribution in [0.1, 0.15) is 37.8 Å². The quantitative estimate of drug-likeness (QED) is 0.733. The van der Waals surface area contributed by atoms with Crippen molar-refractivity contribution in [1.29, 1.82) is 0 Å². The number of hydrogen-bond acceptors (Lipinski definition) is 1. The molecular weight excluding hydrogens is 206 g/mol.